The Balaban J connectivity index is 1.70. The van der Waals surface area contributed by atoms with Crippen molar-refractivity contribution in [2.45, 2.75) is 57.5 Å². The van der Waals surface area contributed by atoms with Gasteiger partial charge >= 0.3 is 0 Å². The molecule has 3 N–H and O–H groups in total. The van der Waals surface area contributed by atoms with Gasteiger partial charge < -0.3 is 20.5 Å². The molecule has 2 fully saturated rings. The van der Waals surface area contributed by atoms with E-state index in [0.717, 1.165) is 32.7 Å². The Labute approximate surface area is 117 Å². The Morgan fingerprint density at radius 3 is 2.79 bits per heavy atom. The zero-order valence-electron chi connectivity index (χ0n) is 12.3. The van der Waals surface area contributed by atoms with Crippen molar-refractivity contribution in [1.82, 2.24) is 10.6 Å². The molecule has 1 heterocycles. The molecule has 2 rings (SSSR count). The van der Waals surface area contributed by atoms with Gasteiger partial charge in [0.2, 0.25) is 0 Å². The summed E-state index contributed by atoms with van der Waals surface area (Å²) in [5.41, 5.74) is 0.142. The Bertz CT molecular complexity index is 249. The first-order valence-electron chi connectivity index (χ1n) is 7.89. The third kappa shape index (κ3) is 4.71. The first-order chi connectivity index (χ1) is 9.24. The van der Waals surface area contributed by atoms with Crippen molar-refractivity contribution < 1.29 is 9.84 Å². The van der Waals surface area contributed by atoms with Gasteiger partial charge in [0.1, 0.15) is 0 Å². The summed E-state index contributed by atoms with van der Waals surface area (Å²) in [6, 6.07) is 0.956. The van der Waals surface area contributed by atoms with Gasteiger partial charge in [0, 0.05) is 37.2 Å². The highest BCUT2D eigenvalue weighted by atomic mass is 16.5. The first-order valence-corrected chi connectivity index (χ1v) is 7.89. The Hall–Kier alpha value is -0.160. The molecule has 1 saturated heterocycles. The van der Waals surface area contributed by atoms with Crippen molar-refractivity contribution in [3.8, 4) is 0 Å². The smallest absolute Gasteiger partial charge is 0.0620 e. The molecule has 0 amide bonds. The minimum Gasteiger partial charge on any atom is -0.396 e. The molecule has 19 heavy (non-hydrogen) atoms. The quantitative estimate of drug-likeness (QED) is 0.681. The average Bonchev–Trinajstić information content (AvgIpc) is 2.47. The van der Waals surface area contributed by atoms with Crippen LogP contribution in [0.3, 0.4) is 0 Å². The molecular weight excluding hydrogens is 240 g/mol. The van der Waals surface area contributed by atoms with Crippen LogP contribution in [0.5, 0.6) is 0 Å². The van der Waals surface area contributed by atoms with Crippen molar-refractivity contribution in [3.63, 3.8) is 0 Å². The number of ether oxygens (including phenoxy) is 1. The normalized spacial score (nSPS) is 29.1. The summed E-state index contributed by atoms with van der Waals surface area (Å²) >= 11 is 0. The van der Waals surface area contributed by atoms with Crippen LogP contribution in [0.4, 0.5) is 0 Å². The maximum Gasteiger partial charge on any atom is 0.0620 e. The molecule has 112 valence electrons. The van der Waals surface area contributed by atoms with Crippen LogP contribution in [-0.4, -0.2) is 50.1 Å². The lowest BCUT2D eigenvalue weighted by molar-refractivity contribution is 0.0642. The number of hydrogen-bond donors (Lipinski definition) is 3. The molecule has 0 aromatic heterocycles. The summed E-state index contributed by atoms with van der Waals surface area (Å²) in [4.78, 5) is 0. The third-order valence-corrected chi connectivity index (χ3v) is 4.71. The fraction of sp³-hybridized carbons (Fsp3) is 1.00. The zero-order chi connectivity index (χ0) is 13.6. The van der Waals surface area contributed by atoms with Crippen molar-refractivity contribution in [1.29, 1.82) is 0 Å². The lowest BCUT2D eigenvalue weighted by Crippen LogP contribution is -2.47. The van der Waals surface area contributed by atoms with Crippen molar-refractivity contribution in [2.75, 3.05) is 32.9 Å². The predicted octanol–water partition coefficient (Wildman–Crippen LogP) is 1.29. The molecular formula is C15H30N2O2. The van der Waals surface area contributed by atoms with Crippen LogP contribution in [0.15, 0.2) is 0 Å². The van der Waals surface area contributed by atoms with Gasteiger partial charge in [0.25, 0.3) is 0 Å². The van der Waals surface area contributed by atoms with Gasteiger partial charge in [-0.05, 0) is 26.2 Å². The Morgan fingerprint density at radius 1 is 1.37 bits per heavy atom. The molecule has 0 aromatic rings. The maximum absolute atomic E-state index is 9.70. The summed E-state index contributed by atoms with van der Waals surface area (Å²) in [6.45, 7) is 6.17. The summed E-state index contributed by atoms with van der Waals surface area (Å²) < 4.78 is 5.49. The van der Waals surface area contributed by atoms with E-state index in [1.165, 1.54) is 32.1 Å². The van der Waals surface area contributed by atoms with Gasteiger partial charge in [0.15, 0.2) is 0 Å². The summed E-state index contributed by atoms with van der Waals surface area (Å²) in [7, 11) is 0. The van der Waals surface area contributed by atoms with E-state index >= 15 is 0 Å². The molecule has 2 aliphatic rings. The fourth-order valence-electron chi connectivity index (χ4n) is 3.36. The summed E-state index contributed by atoms with van der Waals surface area (Å²) in [5, 5.41) is 16.8. The van der Waals surface area contributed by atoms with Crippen LogP contribution in [0, 0.1) is 5.41 Å². The van der Waals surface area contributed by atoms with Crippen LogP contribution in [0.2, 0.25) is 0 Å². The van der Waals surface area contributed by atoms with Gasteiger partial charge in [-0.15, -0.1) is 0 Å². The molecule has 4 nitrogen and oxygen atoms in total. The summed E-state index contributed by atoms with van der Waals surface area (Å²) in [5.74, 6) is 0. The van der Waals surface area contributed by atoms with Crippen LogP contribution in [0.25, 0.3) is 0 Å². The molecule has 2 atom stereocenters. The third-order valence-electron chi connectivity index (χ3n) is 4.71. The van der Waals surface area contributed by atoms with Crippen molar-refractivity contribution >= 4 is 0 Å². The second kappa shape index (κ2) is 7.58. The van der Waals surface area contributed by atoms with Crippen LogP contribution in [-0.2, 0) is 4.74 Å². The topological polar surface area (TPSA) is 53.5 Å². The number of aliphatic hydroxyl groups is 1. The van der Waals surface area contributed by atoms with E-state index in [9.17, 15) is 5.11 Å². The van der Waals surface area contributed by atoms with E-state index in [2.05, 4.69) is 17.6 Å². The van der Waals surface area contributed by atoms with E-state index in [1.807, 2.05) is 0 Å². The van der Waals surface area contributed by atoms with Crippen molar-refractivity contribution in [2.24, 2.45) is 5.41 Å². The number of aliphatic hydroxyl groups excluding tert-OH is 1. The van der Waals surface area contributed by atoms with Gasteiger partial charge in [0.05, 0.1) is 13.2 Å². The predicted molar refractivity (Wildman–Crippen MR) is 77.3 cm³/mol. The van der Waals surface area contributed by atoms with E-state index in [4.69, 9.17) is 4.74 Å². The lowest BCUT2D eigenvalue weighted by Gasteiger charge is -2.37. The number of rotatable bonds is 6. The molecule has 1 aliphatic heterocycles. The SMILES string of the molecule is CC(CC1COCCN1)NCC1(CO)CCCCC1. The molecule has 0 bridgehead atoms. The largest absolute Gasteiger partial charge is 0.396 e. The minimum absolute atomic E-state index is 0.142. The van der Waals surface area contributed by atoms with E-state index in [1.54, 1.807) is 0 Å². The van der Waals surface area contributed by atoms with Crippen LogP contribution in [0.1, 0.15) is 45.4 Å². The van der Waals surface area contributed by atoms with Gasteiger partial charge in [-0.2, -0.15) is 0 Å². The molecule has 0 spiro atoms. The molecule has 0 radical (unpaired) electrons. The number of nitrogens with one attached hydrogen (secondary N) is 2. The standard InChI is InChI=1S/C15H30N2O2/c1-13(9-14-10-19-8-7-16-14)17-11-15(12-18)5-3-2-4-6-15/h13-14,16-18H,2-12H2,1H3. The van der Waals surface area contributed by atoms with E-state index in [-0.39, 0.29) is 5.41 Å². The highest BCUT2D eigenvalue weighted by molar-refractivity contribution is 4.86. The van der Waals surface area contributed by atoms with Crippen LogP contribution >= 0.6 is 0 Å². The Kier molecular flexibility index (Phi) is 6.07. The molecule has 0 aromatic carbocycles. The molecule has 1 saturated carbocycles. The molecule has 2 unspecified atom stereocenters. The maximum atomic E-state index is 9.70. The van der Waals surface area contributed by atoms with Crippen LogP contribution < -0.4 is 10.6 Å². The van der Waals surface area contributed by atoms with Gasteiger partial charge in [-0.3, -0.25) is 0 Å². The van der Waals surface area contributed by atoms with Gasteiger partial charge in [-0.1, -0.05) is 19.3 Å². The number of morpholine rings is 1. The second-order valence-electron chi connectivity index (χ2n) is 6.46. The minimum atomic E-state index is 0.142. The molecule has 1 aliphatic carbocycles. The lowest BCUT2D eigenvalue weighted by atomic mass is 9.74. The van der Waals surface area contributed by atoms with Crippen molar-refractivity contribution in [3.05, 3.63) is 0 Å². The Morgan fingerprint density at radius 2 is 2.16 bits per heavy atom. The zero-order valence-corrected chi connectivity index (χ0v) is 12.3. The monoisotopic (exact) mass is 270 g/mol. The fourth-order valence-corrected chi connectivity index (χ4v) is 3.36. The average molecular weight is 270 g/mol. The number of hydrogen-bond acceptors (Lipinski definition) is 4. The highest BCUT2D eigenvalue weighted by Gasteiger charge is 2.31. The van der Waals surface area contributed by atoms with Gasteiger partial charge in [-0.25, -0.2) is 0 Å². The second-order valence-corrected chi connectivity index (χ2v) is 6.46. The first kappa shape index (κ1) is 15.2. The summed E-state index contributed by atoms with van der Waals surface area (Å²) in [6.07, 6.45) is 7.33. The van der Waals surface area contributed by atoms with E-state index in [0.29, 0.717) is 18.7 Å². The highest BCUT2D eigenvalue weighted by Crippen LogP contribution is 2.35. The van der Waals surface area contributed by atoms with E-state index < -0.39 is 0 Å². The molecule has 4 heteroatoms.